The Labute approximate surface area is 179 Å². The van der Waals surface area contributed by atoms with Crippen LogP contribution in [0.25, 0.3) is 22.0 Å². The van der Waals surface area contributed by atoms with Crippen molar-refractivity contribution in [3.8, 4) is 11.1 Å². The lowest BCUT2D eigenvalue weighted by Gasteiger charge is -2.40. The summed E-state index contributed by atoms with van der Waals surface area (Å²) in [6, 6.07) is 15.1. The minimum atomic E-state index is -0.224. The maximum atomic E-state index is 13.2. The highest BCUT2D eigenvalue weighted by Crippen LogP contribution is 2.40. The smallest absolute Gasteiger partial charge is 0.294 e. The Bertz CT molecular complexity index is 1310. The lowest BCUT2D eigenvalue weighted by molar-refractivity contribution is -0.117. The molecule has 1 aliphatic rings. The average molecular weight is 414 g/mol. The molecule has 0 radical (unpaired) electrons. The fraction of sp³-hybridized carbons (Fsp3) is 0.208. The SMILES string of the molecule is CC(=O)N1c2ccc(-c3cccc4c3cnn4C)cc2N(C(=O)c2ccco2)C[C@@H]1C. The maximum Gasteiger partial charge on any atom is 0.294 e. The molecular weight excluding hydrogens is 392 g/mol. The number of nitrogens with zero attached hydrogens (tertiary/aromatic N) is 4. The maximum absolute atomic E-state index is 13.2. The van der Waals surface area contributed by atoms with E-state index in [1.807, 2.05) is 61.2 Å². The first-order valence-electron chi connectivity index (χ1n) is 10.2. The molecule has 0 saturated carbocycles. The largest absolute Gasteiger partial charge is 0.459 e. The van der Waals surface area contributed by atoms with Crippen LogP contribution in [0.5, 0.6) is 0 Å². The van der Waals surface area contributed by atoms with Gasteiger partial charge in [0.05, 0.1) is 35.4 Å². The van der Waals surface area contributed by atoms with Crippen molar-refractivity contribution in [2.75, 3.05) is 16.3 Å². The Balaban J connectivity index is 1.69. The summed E-state index contributed by atoms with van der Waals surface area (Å²) < 4.78 is 7.20. The van der Waals surface area contributed by atoms with Crippen molar-refractivity contribution in [3.63, 3.8) is 0 Å². The van der Waals surface area contributed by atoms with E-state index in [2.05, 4.69) is 5.10 Å². The quantitative estimate of drug-likeness (QED) is 0.492. The van der Waals surface area contributed by atoms with Gasteiger partial charge in [-0.25, -0.2) is 0 Å². The van der Waals surface area contributed by atoms with Crippen LogP contribution in [0.15, 0.2) is 65.4 Å². The van der Waals surface area contributed by atoms with Crippen LogP contribution in [-0.2, 0) is 11.8 Å². The number of rotatable bonds is 2. The Morgan fingerprint density at radius 1 is 1.10 bits per heavy atom. The van der Waals surface area contributed by atoms with E-state index in [4.69, 9.17) is 4.42 Å². The van der Waals surface area contributed by atoms with Crippen molar-refractivity contribution in [3.05, 3.63) is 66.8 Å². The minimum absolute atomic E-state index is 0.0547. The van der Waals surface area contributed by atoms with Gasteiger partial charge in [-0.3, -0.25) is 14.3 Å². The summed E-state index contributed by atoms with van der Waals surface area (Å²) in [6.45, 7) is 3.87. The fourth-order valence-electron chi connectivity index (χ4n) is 4.43. The summed E-state index contributed by atoms with van der Waals surface area (Å²) in [4.78, 5) is 29.1. The molecule has 31 heavy (non-hydrogen) atoms. The second-order valence-electron chi connectivity index (χ2n) is 7.84. The molecule has 4 aromatic rings. The Morgan fingerprint density at radius 3 is 2.68 bits per heavy atom. The summed E-state index contributed by atoms with van der Waals surface area (Å²) in [7, 11) is 1.91. The van der Waals surface area contributed by atoms with E-state index in [9.17, 15) is 9.59 Å². The standard InChI is InChI=1S/C24H22N4O3/c1-15-14-27(24(30)23-8-5-11-31-23)22-12-17(9-10-21(22)28(15)16(2)29)18-6-4-7-20-19(18)13-25-26(20)3/h4-13,15H,14H2,1-3H3/t15-/m0/s1. The lowest BCUT2D eigenvalue weighted by Crippen LogP contribution is -2.51. The van der Waals surface area contributed by atoms with Crippen molar-refractivity contribution >= 4 is 34.1 Å². The Hall–Kier alpha value is -3.87. The number of aryl methyl sites for hydroxylation is 1. The molecule has 0 saturated heterocycles. The van der Waals surface area contributed by atoms with Crippen LogP contribution < -0.4 is 9.80 Å². The first kappa shape index (κ1) is 19.1. The van der Waals surface area contributed by atoms with Crippen LogP contribution >= 0.6 is 0 Å². The second kappa shape index (κ2) is 7.12. The van der Waals surface area contributed by atoms with Crippen molar-refractivity contribution in [2.45, 2.75) is 19.9 Å². The van der Waals surface area contributed by atoms with Gasteiger partial charge in [-0.1, -0.05) is 18.2 Å². The van der Waals surface area contributed by atoms with E-state index in [0.717, 1.165) is 22.0 Å². The monoisotopic (exact) mass is 414 g/mol. The number of amides is 2. The van der Waals surface area contributed by atoms with E-state index < -0.39 is 0 Å². The summed E-state index contributed by atoms with van der Waals surface area (Å²) in [5.41, 5.74) is 4.40. The zero-order valence-electron chi connectivity index (χ0n) is 17.6. The van der Waals surface area contributed by atoms with E-state index in [1.54, 1.807) is 28.9 Å². The number of hydrogen-bond donors (Lipinski definition) is 0. The highest BCUT2D eigenvalue weighted by molar-refractivity contribution is 6.10. The lowest BCUT2D eigenvalue weighted by atomic mass is 9.98. The molecule has 0 spiro atoms. The predicted molar refractivity (Wildman–Crippen MR) is 119 cm³/mol. The Morgan fingerprint density at radius 2 is 1.94 bits per heavy atom. The average Bonchev–Trinajstić information content (AvgIpc) is 3.42. The van der Waals surface area contributed by atoms with Crippen molar-refractivity contribution in [2.24, 2.45) is 7.05 Å². The second-order valence-corrected chi connectivity index (χ2v) is 7.84. The van der Waals surface area contributed by atoms with E-state index in [-0.39, 0.29) is 23.6 Å². The third-order valence-corrected chi connectivity index (χ3v) is 5.83. The van der Waals surface area contributed by atoms with Gasteiger partial charge >= 0.3 is 0 Å². The molecule has 0 bridgehead atoms. The number of anilines is 2. The molecule has 0 unspecified atom stereocenters. The topological polar surface area (TPSA) is 71.6 Å². The third kappa shape index (κ3) is 3.01. The normalized spacial score (nSPS) is 15.9. The van der Waals surface area contributed by atoms with Crippen LogP contribution in [0.4, 0.5) is 11.4 Å². The molecule has 7 nitrogen and oxygen atoms in total. The number of carbonyl (C=O) groups is 2. The van der Waals surface area contributed by atoms with Gasteiger partial charge in [-0.2, -0.15) is 5.10 Å². The van der Waals surface area contributed by atoms with Gasteiger partial charge in [-0.05, 0) is 48.4 Å². The van der Waals surface area contributed by atoms with Crippen LogP contribution in [0, 0.1) is 0 Å². The zero-order chi connectivity index (χ0) is 21.7. The third-order valence-electron chi connectivity index (χ3n) is 5.83. The van der Waals surface area contributed by atoms with E-state index in [0.29, 0.717) is 17.9 Å². The first-order chi connectivity index (χ1) is 15.0. The molecule has 0 fully saturated rings. The predicted octanol–water partition coefficient (Wildman–Crippen LogP) is 4.24. The van der Waals surface area contributed by atoms with Crippen molar-refractivity contribution in [1.29, 1.82) is 0 Å². The van der Waals surface area contributed by atoms with Crippen molar-refractivity contribution in [1.82, 2.24) is 9.78 Å². The molecule has 2 amide bonds. The molecular formula is C24H22N4O3. The number of furan rings is 1. The van der Waals surface area contributed by atoms with E-state index in [1.165, 1.54) is 6.26 Å². The number of carbonyl (C=O) groups excluding carboxylic acids is 2. The molecule has 1 aliphatic heterocycles. The van der Waals surface area contributed by atoms with Gasteiger partial charge < -0.3 is 14.2 Å². The molecule has 7 heteroatoms. The molecule has 156 valence electrons. The van der Waals surface area contributed by atoms with Gasteiger partial charge in [0.2, 0.25) is 5.91 Å². The summed E-state index contributed by atoms with van der Waals surface area (Å²) in [6.07, 6.45) is 3.34. The molecule has 2 aromatic carbocycles. The molecule has 2 aromatic heterocycles. The molecule has 5 rings (SSSR count). The minimum Gasteiger partial charge on any atom is -0.459 e. The van der Waals surface area contributed by atoms with Gasteiger partial charge in [0.25, 0.3) is 5.91 Å². The fourth-order valence-corrected chi connectivity index (χ4v) is 4.43. The molecule has 0 aliphatic carbocycles. The van der Waals surface area contributed by atoms with Gasteiger partial charge in [0, 0.05) is 25.9 Å². The number of aromatic nitrogens is 2. The summed E-state index contributed by atoms with van der Waals surface area (Å²) >= 11 is 0. The molecule has 1 atom stereocenters. The Kier molecular flexibility index (Phi) is 4.39. The summed E-state index contributed by atoms with van der Waals surface area (Å²) in [5.74, 6) is -0.00631. The summed E-state index contributed by atoms with van der Waals surface area (Å²) in [5, 5.41) is 5.41. The van der Waals surface area contributed by atoms with Crippen LogP contribution in [0.3, 0.4) is 0 Å². The van der Waals surface area contributed by atoms with Crippen LogP contribution in [0.1, 0.15) is 24.4 Å². The highest BCUT2D eigenvalue weighted by atomic mass is 16.3. The van der Waals surface area contributed by atoms with Crippen molar-refractivity contribution < 1.29 is 14.0 Å². The number of hydrogen-bond acceptors (Lipinski definition) is 4. The zero-order valence-corrected chi connectivity index (χ0v) is 17.6. The van der Waals surface area contributed by atoms with Gasteiger partial charge in [-0.15, -0.1) is 0 Å². The van der Waals surface area contributed by atoms with Crippen LogP contribution in [-0.4, -0.2) is 34.2 Å². The van der Waals surface area contributed by atoms with E-state index >= 15 is 0 Å². The molecule has 3 heterocycles. The van der Waals surface area contributed by atoms with Crippen LogP contribution in [0.2, 0.25) is 0 Å². The first-order valence-corrected chi connectivity index (χ1v) is 10.2. The number of fused-ring (bicyclic) bond motifs is 2. The highest BCUT2D eigenvalue weighted by Gasteiger charge is 2.35. The van der Waals surface area contributed by atoms with Gasteiger partial charge in [0.1, 0.15) is 0 Å². The van der Waals surface area contributed by atoms with Gasteiger partial charge in [0.15, 0.2) is 5.76 Å². The number of benzene rings is 2. The molecule has 0 N–H and O–H groups in total.